The van der Waals surface area contributed by atoms with E-state index in [0.29, 0.717) is 24.4 Å². The van der Waals surface area contributed by atoms with Gasteiger partial charge in [-0.15, -0.1) is 0 Å². The van der Waals surface area contributed by atoms with Crippen LogP contribution in [0.2, 0.25) is 0 Å². The average Bonchev–Trinajstić information content (AvgIpc) is 2.17. The van der Waals surface area contributed by atoms with Gasteiger partial charge in [-0.25, -0.2) is 0 Å². The number of hydrogen-bond acceptors (Lipinski definition) is 2. The molecule has 0 aliphatic heterocycles. The summed E-state index contributed by atoms with van der Waals surface area (Å²) >= 11 is 0. The summed E-state index contributed by atoms with van der Waals surface area (Å²) in [7, 11) is 0. The minimum atomic E-state index is 0.338. The largest absolute Gasteiger partial charge is 0.508 e. The molecule has 1 rings (SSSR count). The summed E-state index contributed by atoms with van der Waals surface area (Å²) < 4.78 is 0. The molecule has 0 amide bonds. The molecule has 1 N–H and O–H groups in total. The minimum Gasteiger partial charge on any atom is -0.508 e. The molecule has 1 aromatic carbocycles. The summed E-state index contributed by atoms with van der Waals surface area (Å²) in [6.07, 6.45) is 1.38. The zero-order valence-electron chi connectivity index (χ0n) is 9.08. The highest BCUT2D eigenvalue weighted by Crippen LogP contribution is 2.08. The molecule has 14 heavy (non-hydrogen) atoms. The van der Waals surface area contributed by atoms with Gasteiger partial charge in [0.25, 0.3) is 0 Å². The van der Waals surface area contributed by atoms with Crippen LogP contribution >= 0.6 is 0 Å². The Labute approximate surface area is 85.6 Å². The SMILES string of the molecule is CCC(=O)CC.Cc1cccc(O)c1. The molecule has 0 saturated heterocycles. The van der Waals surface area contributed by atoms with E-state index >= 15 is 0 Å². The Morgan fingerprint density at radius 1 is 1.29 bits per heavy atom. The van der Waals surface area contributed by atoms with E-state index in [0.717, 1.165) is 5.56 Å². The molecular weight excluding hydrogens is 176 g/mol. The predicted molar refractivity (Wildman–Crippen MR) is 58.4 cm³/mol. The number of Topliss-reactive ketones (excluding diaryl/α,β-unsaturated/α-hetero) is 1. The van der Waals surface area contributed by atoms with Crippen molar-refractivity contribution in [1.29, 1.82) is 0 Å². The van der Waals surface area contributed by atoms with Crippen LogP contribution in [0.4, 0.5) is 0 Å². The Hall–Kier alpha value is -1.31. The van der Waals surface area contributed by atoms with E-state index in [-0.39, 0.29) is 0 Å². The van der Waals surface area contributed by atoms with Crippen LogP contribution in [0.3, 0.4) is 0 Å². The van der Waals surface area contributed by atoms with Crippen molar-refractivity contribution in [3.63, 3.8) is 0 Å². The number of rotatable bonds is 2. The van der Waals surface area contributed by atoms with E-state index in [9.17, 15) is 4.79 Å². The predicted octanol–water partition coefficient (Wildman–Crippen LogP) is 3.08. The highest BCUT2D eigenvalue weighted by Gasteiger charge is 1.86. The molecule has 0 fully saturated rings. The maximum atomic E-state index is 10.2. The standard InChI is InChI=1S/C7H8O.C5H10O/c1-6-3-2-4-7(8)5-6;1-3-5(6)4-2/h2-5,8H,1H3;3-4H2,1-2H3. The molecule has 0 unspecified atom stereocenters. The van der Waals surface area contributed by atoms with Crippen LogP contribution < -0.4 is 0 Å². The second-order valence-corrected chi connectivity index (χ2v) is 3.08. The van der Waals surface area contributed by atoms with E-state index in [1.165, 1.54) is 0 Å². The number of aryl methyl sites for hydroxylation is 1. The molecule has 0 aromatic heterocycles. The fourth-order valence-electron chi connectivity index (χ4n) is 0.878. The van der Waals surface area contributed by atoms with Gasteiger partial charge in [-0.2, -0.15) is 0 Å². The number of ketones is 1. The van der Waals surface area contributed by atoms with Gasteiger partial charge in [-0.1, -0.05) is 26.0 Å². The van der Waals surface area contributed by atoms with Crippen LogP contribution in [0.1, 0.15) is 32.3 Å². The molecule has 2 heteroatoms. The maximum Gasteiger partial charge on any atom is 0.132 e. The van der Waals surface area contributed by atoms with Crippen LogP contribution in [0.5, 0.6) is 5.75 Å². The molecule has 0 saturated carbocycles. The quantitative estimate of drug-likeness (QED) is 0.785. The van der Waals surface area contributed by atoms with Crippen molar-refractivity contribution in [2.45, 2.75) is 33.6 Å². The van der Waals surface area contributed by atoms with E-state index in [4.69, 9.17) is 5.11 Å². The molecule has 0 spiro atoms. The summed E-state index contributed by atoms with van der Waals surface area (Å²) in [6.45, 7) is 5.71. The van der Waals surface area contributed by atoms with E-state index in [2.05, 4.69) is 0 Å². The second kappa shape index (κ2) is 7.13. The van der Waals surface area contributed by atoms with Gasteiger partial charge < -0.3 is 5.11 Å². The summed E-state index contributed by atoms with van der Waals surface area (Å²) in [4.78, 5) is 10.2. The van der Waals surface area contributed by atoms with Gasteiger partial charge in [-0.3, -0.25) is 4.79 Å². The van der Waals surface area contributed by atoms with Crippen molar-refractivity contribution < 1.29 is 9.90 Å². The second-order valence-electron chi connectivity index (χ2n) is 3.08. The van der Waals surface area contributed by atoms with E-state index < -0.39 is 0 Å². The Kier molecular flexibility index (Phi) is 6.46. The highest BCUT2D eigenvalue weighted by atomic mass is 16.3. The van der Waals surface area contributed by atoms with Crippen molar-refractivity contribution in [2.24, 2.45) is 0 Å². The smallest absolute Gasteiger partial charge is 0.132 e. The number of benzene rings is 1. The fraction of sp³-hybridized carbons (Fsp3) is 0.417. The number of phenolic OH excluding ortho intramolecular Hbond substituents is 1. The third-order valence-electron chi connectivity index (χ3n) is 1.79. The maximum absolute atomic E-state index is 10.2. The lowest BCUT2D eigenvalue weighted by atomic mass is 10.2. The molecule has 0 bridgehead atoms. The zero-order valence-corrected chi connectivity index (χ0v) is 9.08. The van der Waals surface area contributed by atoms with Crippen LogP contribution in [-0.2, 0) is 4.79 Å². The third kappa shape index (κ3) is 6.23. The van der Waals surface area contributed by atoms with Gasteiger partial charge >= 0.3 is 0 Å². The van der Waals surface area contributed by atoms with Crippen molar-refractivity contribution >= 4 is 5.78 Å². The molecule has 0 aliphatic rings. The number of hydrogen-bond donors (Lipinski definition) is 1. The van der Waals surface area contributed by atoms with Crippen molar-refractivity contribution in [3.8, 4) is 5.75 Å². The van der Waals surface area contributed by atoms with Crippen LogP contribution in [0.25, 0.3) is 0 Å². The molecule has 2 nitrogen and oxygen atoms in total. The first-order valence-electron chi connectivity index (χ1n) is 4.87. The van der Waals surface area contributed by atoms with Gasteiger partial charge in [-0.05, 0) is 24.6 Å². The van der Waals surface area contributed by atoms with Gasteiger partial charge in [0.15, 0.2) is 0 Å². The molecule has 0 heterocycles. The van der Waals surface area contributed by atoms with Crippen LogP contribution in [0, 0.1) is 6.92 Å². The number of carbonyl (C=O) groups excluding carboxylic acids is 1. The van der Waals surface area contributed by atoms with Gasteiger partial charge in [0.1, 0.15) is 11.5 Å². The molecule has 0 atom stereocenters. The van der Waals surface area contributed by atoms with Crippen LogP contribution in [0.15, 0.2) is 24.3 Å². The van der Waals surface area contributed by atoms with E-state index in [1.54, 1.807) is 12.1 Å². The van der Waals surface area contributed by atoms with Crippen LogP contribution in [-0.4, -0.2) is 10.9 Å². The Balaban J connectivity index is 0.000000255. The summed E-state index contributed by atoms with van der Waals surface area (Å²) in [6, 6.07) is 7.15. The van der Waals surface area contributed by atoms with Gasteiger partial charge in [0, 0.05) is 12.8 Å². The van der Waals surface area contributed by atoms with Gasteiger partial charge in [0.2, 0.25) is 0 Å². The Morgan fingerprint density at radius 2 is 1.86 bits per heavy atom. The number of carbonyl (C=O) groups is 1. The first-order valence-corrected chi connectivity index (χ1v) is 4.87. The van der Waals surface area contributed by atoms with Crippen molar-refractivity contribution in [3.05, 3.63) is 29.8 Å². The topological polar surface area (TPSA) is 37.3 Å². The number of aromatic hydroxyl groups is 1. The zero-order chi connectivity index (χ0) is 11.0. The molecule has 78 valence electrons. The Bertz CT molecular complexity index is 256. The van der Waals surface area contributed by atoms with E-state index in [1.807, 2.05) is 32.9 Å². The van der Waals surface area contributed by atoms with Crippen molar-refractivity contribution in [2.75, 3.05) is 0 Å². The molecular formula is C12H18O2. The fourth-order valence-corrected chi connectivity index (χ4v) is 0.878. The summed E-state index contributed by atoms with van der Waals surface area (Å²) in [5.74, 6) is 0.681. The lowest BCUT2D eigenvalue weighted by molar-refractivity contribution is -0.118. The monoisotopic (exact) mass is 194 g/mol. The molecule has 0 aliphatic carbocycles. The minimum absolute atomic E-state index is 0.338. The lowest BCUT2D eigenvalue weighted by Gasteiger charge is -1.89. The van der Waals surface area contributed by atoms with Crippen molar-refractivity contribution in [1.82, 2.24) is 0 Å². The summed E-state index contributed by atoms with van der Waals surface area (Å²) in [5.41, 5.74) is 1.09. The third-order valence-corrected chi connectivity index (χ3v) is 1.79. The molecule has 1 aromatic rings. The number of phenols is 1. The Morgan fingerprint density at radius 3 is 2.07 bits per heavy atom. The first kappa shape index (κ1) is 12.7. The summed E-state index contributed by atoms with van der Waals surface area (Å²) in [5, 5.41) is 8.81. The average molecular weight is 194 g/mol. The molecule has 0 radical (unpaired) electrons. The highest BCUT2D eigenvalue weighted by molar-refractivity contribution is 5.77. The lowest BCUT2D eigenvalue weighted by Crippen LogP contribution is -1.88. The van der Waals surface area contributed by atoms with Gasteiger partial charge in [0.05, 0.1) is 0 Å². The normalized spacial score (nSPS) is 8.79. The first-order chi connectivity index (χ1) is 6.60.